The Morgan fingerprint density at radius 2 is 2.05 bits per heavy atom. The quantitative estimate of drug-likeness (QED) is 0.623. The number of carbonyl (C=O) groups excluding carboxylic acids is 1. The van der Waals surface area contributed by atoms with Crippen LogP contribution < -0.4 is 0 Å². The molecule has 1 aromatic heterocycles. The van der Waals surface area contributed by atoms with Crippen molar-refractivity contribution >= 4 is 11.9 Å². The van der Waals surface area contributed by atoms with Crippen LogP contribution in [-0.2, 0) is 6.54 Å². The van der Waals surface area contributed by atoms with Gasteiger partial charge in [0.1, 0.15) is 5.82 Å². The summed E-state index contributed by atoms with van der Waals surface area (Å²) in [5, 5.41) is 4.23. The first-order valence-corrected chi connectivity index (χ1v) is 6.12. The van der Waals surface area contributed by atoms with Crippen LogP contribution in [0.1, 0.15) is 28.5 Å². The second kappa shape index (κ2) is 5.61. The zero-order valence-electron chi connectivity index (χ0n) is 10.9. The molecule has 2 aromatic rings. The molecule has 1 heterocycles. The van der Waals surface area contributed by atoms with E-state index in [0.29, 0.717) is 5.56 Å². The standard InChI is InChI=1S/C15H15FN2O/c1-3-18-10-14(11(2)17-18)15(19)9-6-12-4-7-13(16)8-5-12/h4-10H,3H2,1-2H3/b9-6+. The molecule has 0 atom stereocenters. The van der Waals surface area contributed by atoms with Crippen molar-refractivity contribution < 1.29 is 9.18 Å². The molecule has 0 spiro atoms. The number of rotatable bonds is 4. The summed E-state index contributed by atoms with van der Waals surface area (Å²) < 4.78 is 14.5. The molecule has 98 valence electrons. The number of carbonyl (C=O) groups is 1. The van der Waals surface area contributed by atoms with Gasteiger partial charge >= 0.3 is 0 Å². The highest BCUT2D eigenvalue weighted by Crippen LogP contribution is 2.10. The smallest absolute Gasteiger partial charge is 0.189 e. The third-order valence-corrected chi connectivity index (χ3v) is 2.83. The molecule has 0 aliphatic carbocycles. The third-order valence-electron chi connectivity index (χ3n) is 2.83. The van der Waals surface area contributed by atoms with Gasteiger partial charge < -0.3 is 0 Å². The molecule has 0 aliphatic heterocycles. The molecular formula is C15H15FN2O. The molecule has 0 aliphatic rings. The number of ketones is 1. The molecule has 0 radical (unpaired) electrons. The van der Waals surface area contributed by atoms with Gasteiger partial charge in [0.15, 0.2) is 5.78 Å². The maximum atomic E-state index is 12.7. The highest BCUT2D eigenvalue weighted by atomic mass is 19.1. The minimum atomic E-state index is -0.288. The second-order valence-corrected chi connectivity index (χ2v) is 4.23. The fraction of sp³-hybridized carbons (Fsp3) is 0.200. The van der Waals surface area contributed by atoms with Gasteiger partial charge in [-0.1, -0.05) is 18.2 Å². The molecule has 0 N–H and O–H groups in total. The summed E-state index contributed by atoms with van der Waals surface area (Å²) in [5.74, 6) is -0.384. The first-order chi connectivity index (χ1) is 9.10. The summed E-state index contributed by atoms with van der Waals surface area (Å²) in [7, 11) is 0. The summed E-state index contributed by atoms with van der Waals surface area (Å²) in [6.07, 6.45) is 4.90. The summed E-state index contributed by atoms with van der Waals surface area (Å²) >= 11 is 0. The lowest BCUT2D eigenvalue weighted by Crippen LogP contribution is -1.94. The van der Waals surface area contributed by atoms with E-state index >= 15 is 0 Å². The topological polar surface area (TPSA) is 34.9 Å². The van der Waals surface area contributed by atoms with Crippen LogP contribution in [0.4, 0.5) is 4.39 Å². The predicted octanol–water partition coefficient (Wildman–Crippen LogP) is 3.25. The van der Waals surface area contributed by atoms with Crippen LogP contribution in [0.2, 0.25) is 0 Å². The van der Waals surface area contributed by atoms with Crippen molar-refractivity contribution in [1.82, 2.24) is 9.78 Å². The normalized spacial score (nSPS) is 11.1. The average molecular weight is 258 g/mol. The highest BCUT2D eigenvalue weighted by molar-refractivity contribution is 6.07. The van der Waals surface area contributed by atoms with Crippen LogP contribution in [0.15, 0.2) is 36.5 Å². The van der Waals surface area contributed by atoms with Gasteiger partial charge in [-0.25, -0.2) is 4.39 Å². The van der Waals surface area contributed by atoms with Crippen LogP contribution in [0, 0.1) is 12.7 Å². The van der Waals surface area contributed by atoms with Gasteiger partial charge in [0.25, 0.3) is 0 Å². The van der Waals surface area contributed by atoms with Gasteiger partial charge in [-0.15, -0.1) is 0 Å². The molecule has 2 rings (SSSR count). The average Bonchev–Trinajstić information content (AvgIpc) is 2.79. The van der Waals surface area contributed by atoms with Crippen molar-refractivity contribution in [2.75, 3.05) is 0 Å². The fourth-order valence-corrected chi connectivity index (χ4v) is 1.76. The second-order valence-electron chi connectivity index (χ2n) is 4.23. The summed E-state index contributed by atoms with van der Waals surface area (Å²) in [6.45, 7) is 4.51. The van der Waals surface area contributed by atoms with E-state index < -0.39 is 0 Å². The summed E-state index contributed by atoms with van der Waals surface area (Å²) in [6, 6.07) is 5.98. The predicted molar refractivity (Wildman–Crippen MR) is 72.4 cm³/mol. The molecule has 0 unspecified atom stereocenters. The van der Waals surface area contributed by atoms with E-state index in [1.807, 2.05) is 13.8 Å². The number of hydrogen-bond acceptors (Lipinski definition) is 2. The van der Waals surface area contributed by atoms with E-state index in [0.717, 1.165) is 17.8 Å². The lowest BCUT2D eigenvalue weighted by atomic mass is 10.1. The minimum Gasteiger partial charge on any atom is -0.289 e. The van der Waals surface area contributed by atoms with Crippen molar-refractivity contribution in [1.29, 1.82) is 0 Å². The molecule has 3 nitrogen and oxygen atoms in total. The van der Waals surface area contributed by atoms with Crippen molar-refractivity contribution in [2.45, 2.75) is 20.4 Å². The Labute approximate surface area is 111 Å². The van der Waals surface area contributed by atoms with E-state index in [9.17, 15) is 9.18 Å². The number of nitrogens with zero attached hydrogens (tertiary/aromatic N) is 2. The van der Waals surface area contributed by atoms with Gasteiger partial charge in [0.2, 0.25) is 0 Å². The molecular weight excluding hydrogens is 243 g/mol. The first kappa shape index (κ1) is 13.2. The minimum absolute atomic E-state index is 0.0958. The van der Waals surface area contributed by atoms with E-state index in [1.54, 1.807) is 29.1 Å². The Bertz CT molecular complexity index is 612. The van der Waals surface area contributed by atoms with Gasteiger partial charge in [0, 0.05) is 12.7 Å². The number of allylic oxidation sites excluding steroid dienone is 1. The van der Waals surface area contributed by atoms with Crippen molar-refractivity contribution in [2.24, 2.45) is 0 Å². The van der Waals surface area contributed by atoms with Crippen LogP contribution in [-0.4, -0.2) is 15.6 Å². The number of aryl methyl sites for hydroxylation is 2. The molecule has 0 saturated heterocycles. The SMILES string of the molecule is CCn1cc(C(=O)/C=C/c2ccc(F)cc2)c(C)n1. The molecule has 0 amide bonds. The van der Waals surface area contributed by atoms with Crippen LogP contribution in [0.3, 0.4) is 0 Å². The monoisotopic (exact) mass is 258 g/mol. The zero-order valence-corrected chi connectivity index (χ0v) is 10.9. The Morgan fingerprint density at radius 1 is 1.37 bits per heavy atom. The molecule has 4 heteroatoms. The van der Waals surface area contributed by atoms with Crippen LogP contribution in [0.5, 0.6) is 0 Å². The number of benzene rings is 1. The maximum Gasteiger partial charge on any atom is 0.189 e. The third kappa shape index (κ3) is 3.16. The fourth-order valence-electron chi connectivity index (χ4n) is 1.76. The van der Waals surface area contributed by atoms with Crippen molar-refractivity contribution in [3.8, 4) is 0 Å². The first-order valence-electron chi connectivity index (χ1n) is 6.12. The lowest BCUT2D eigenvalue weighted by molar-refractivity contribution is 0.104. The lowest BCUT2D eigenvalue weighted by Gasteiger charge is -1.93. The summed E-state index contributed by atoms with van der Waals surface area (Å²) in [5.41, 5.74) is 2.10. The molecule has 19 heavy (non-hydrogen) atoms. The summed E-state index contributed by atoms with van der Waals surface area (Å²) in [4.78, 5) is 12.0. The maximum absolute atomic E-state index is 12.7. The number of hydrogen-bond donors (Lipinski definition) is 0. The van der Waals surface area contributed by atoms with E-state index in [-0.39, 0.29) is 11.6 Å². The Balaban J connectivity index is 2.16. The Hall–Kier alpha value is -2.23. The van der Waals surface area contributed by atoms with E-state index in [1.165, 1.54) is 18.2 Å². The van der Waals surface area contributed by atoms with Crippen molar-refractivity contribution in [3.63, 3.8) is 0 Å². The van der Waals surface area contributed by atoms with Crippen molar-refractivity contribution in [3.05, 3.63) is 59.2 Å². The van der Waals surface area contributed by atoms with Gasteiger partial charge in [-0.2, -0.15) is 5.10 Å². The van der Waals surface area contributed by atoms with Crippen LogP contribution in [0.25, 0.3) is 6.08 Å². The molecule has 0 saturated carbocycles. The Morgan fingerprint density at radius 3 is 2.63 bits per heavy atom. The largest absolute Gasteiger partial charge is 0.289 e. The van der Waals surface area contributed by atoms with Gasteiger partial charge in [-0.3, -0.25) is 9.48 Å². The van der Waals surface area contributed by atoms with E-state index in [2.05, 4.69) is 5.10 Å². The number of halogens is 1. The highest BCUT2D eigenvalue weighted by Gasteiger charge is 2.09. The zero-order chi connectivity index (χ0) is 13.8. The molecule has 0 bridgehead atoms. The number of aromatic nitrogens is 2. The van der Waals surface area contributed by atoms with Crippen LogP contribution >= 0.6 is 0 Å². The van der Waals surface area contributed by atoms with E-state index in [4.69, 9.17) is 0 Å². The van der Waals surface area contributed by atoms with Gasteiger partial charge in [0.05, 0.1) is 11.3 Å². The molecule has 1 aromatic carbocycles. The molecule has 0 fully saturated rings. The Kier molecular flexibility index (Phi) is 3.90. The van der Waals surface area contributed by atoms with Gasteiger partial charge in [-0.05, 0) is 37.6 Å².